The largest absolute Gasteiger partial charge is 0.328 e. The van der Waals surface area contributed by atoms with Crippen LogP contribution in [0.3, 0.4) is 0 Å². The zero-order valence-corrected chi connectivity index (χ0v) is 7.50. The SMILES string of the molecule is CCn1[nH]c(CC(C)N)cc1=O. The number of aromatic nitrogens is 2. The lowest BCUT2D eigenvalue weighted by molar-refractivity contribution is 0.616. The van der Waals surface area contributed by atoms with Crippen LogP contribution in [0.4, 0.5) is 0 Å². The molecule has 3 N–H and O–H groups in total. The Hall–Kier alpha value is -1.03. The lowest BCUT2D eigenvalue weighted by atomic mass is 10.2. The summed E-state index contributed by atoms with van der Waals surface area (Å²) in [6.07, 6.45) is 0.724. The molecule has 1 rings (SSSR count). The minimum absolute atomic E-state index is 0.0214. The van der Waals surface area contributed by atoms with Crippen molar-refractivity contribution in [2.24, 2.45) is 5.73 Å². The fourth-order valence-electron chi connectivity index (χ4n) is 1.17. The maximum atomic E-state index is 11.1. The van der Waals surface area contributed by atoms with Gasteiger partial charge >= 0.3 is 0 Å². The van der Waals surface area contributed by atoms with Crippen LogP contribution in [0.2, 0.25) is 0 Å². The maximum Gasteiger partial charge on any atom is 0.266 e. The van der Waals surface area contributed by atoms with E-state index in [1.165, 1.54) is 0 Å². The topological polar surface area (TPSA) is 63.8 Å². The second-order valence-corrected chi connectivity index (χ2v) is 3.05. The quantitative estimate of drug-likeness (QED) is 0.673. The standard InChI is InChI=1S/C8H15N3O/c1-3-11-8(12)5-7(10-11)4-6(2)9/h5-6,10H,3-4,9H2,1-2H3. The van der Waals surface area contributed by atoms with E-state index in [0.717, 1.165) is 12.1 Å². The number of hydrogen-bond acceptors (Lipinski definition) is 2. The van der Waals surface area contributed by atoms with E-state index in [1.54, 1.807) is 10.7 Å². The van der Waals surface area contributed by atoms with Gasteiger partial charge in [-0.2, -0.15) is 0 Å². The average molecular weight is 169 g/mol. The molecule has 4 heteroatoms. The second-order valence-electron chi connectivity index (χ2n) is 3.05. The molecular weight excluding hydrogens is 154 g/mol. The Balaban J connectivity index is 2.82. The molecule has 4 nitrogen and oxygen atoms in total. The number of rotatable bonds is 3. The van der Waals surface area contributed by atoms with Gasteiger partial charge in [-0.3, -0.25) is 14.6 Å². The van der Waals surface area contributed by atoms with Crippen molar-refractivity contribution in [2.45, 2.75) is 32.9 Å². The summed E-state index contributed by atoms with van der Waals surface area (Å²) in [5, 5.41) is 2.99. The van der Waals surface area contributed by atoms with E-state index < -0.39 is 0 Å². The van der Waals surface area contributed by atoms with E-state index in [9.17, 15) is 4.79 Å². The molecule has 0 saturated heterocycles. The van der Waals surface area contributed by atoms with Gasteiger partial charge in [0.1, 0.15) is 0 Å². The van der Waals surface area contributed by atoms with E-state index in [2.05, 4.69) is 5.10 Å². The van der Waals surface area contributed by atoms with Crippen molar-refractivity contribution < 1.29 is 0 Å². The minimum atomic E-state index is 0.0214. The monoisotopic (exact) mass is 169 g/mol. The number of nitrogens with zero attached hydrogens (tertiary/aromatic N) is 1. The van der Waals surface area contributed by atoms with Crippen molar-refractivity contribution >= 4 is 0 Å². The Morgan fingerprint density at radius 2 is 2.42 bits per heavy atom. The van der Waals surface area contributed by atoms with Crippen molar-refractivity contribution in [3.8, 4) is 0 Å². The minimum Gasteiger partial charge on any atom is -0.328 e. The number of H-pyrrole nitrogens is 1. The first-order chi connectivity index (χ1) is 5.63. The molecule has 1 unspecified atom stereocenters. The molecular formula is C8H15N3O. The van der Waals surface area contributed by atoms with Gasteiger partial charge in [-0.25, -0.2) is 0 Å². The van der Waals surface area contributed by atoms with Crippen LogP contribution in [0, 0.1) is 0 Å². The third kappa shape index (κ3) is 1.98. The highest BCUT2D eigenvalue weighted by Crippen LogP contribution is 1.94. The zero-order chi connectivity index (χ0) is 9.14. The molecule has 1 heterocycles. The summed E-state index contributed by atoms with van der Waals surface area (Å²) in [6.45, 7) is 4.52. The Kier molecular flexibility index (Phi) is 2.70. The van der Waals surface area contributed by atoms with Crippen LogP contribution in [0.5, 0.6) is 0 Å². The van der Waals surface area contributed by atoms with Gasteiger partial charge in [0.15, 0.2) is 0 Å². The van der Waals surface area contributed by atoms with Gasteiger partial charge in [0, 0.05) is 30.8 Å². The summed E-state index contributed by atoms with van der Waals surface area (Å²) in [4.78, 5) is 11.1. The van der Waals surface area contributed by atoms with E-state index in [0.29, 0.717) is 6.54 Å². The second kappa shape index (κ2) is 3.58. The molecule has 0 saturated carbocycles. The van der Waals surface area contributed by atoms with Gasteiger partial charge < -0.3 is 5.73 Å². The van der Waals surface area contributed by atoms with E-state index in [-0.39, 0.29) is 11.6 Å². The molecule has 0 aliphatic rings. The number of nitrogens with one attached hydrogen (secondary N) is 1. The van der Waals surface area contributed by atoms with Crippen LogP contribution in [0.1, 0.15) is 19.5 Å². The summed E-state index contributed by atoms with van der Waals surface area (Å²) in [6, 6.07) is 1.70. The van der Waals surface area contributed by atoms with Crippen molar-refractivity contribution in [1.29, 1.82) is 0 Å². The van der Waals surface area contributed by atoms with Crippen LogP contribution >= 0.6 is 0 Å². The Bertz CT molecular complexity index is 297. The molecule has 0 radical (unpaired) electrons. The zero-order valence-electron chi connectivity index (χ0n) is 7.50. The fraction of sp³-hybridized carbons (Fsp3) is 0.625. The highest BCUT2D eigenvalue weighted by atomic mass is 16.1. The van der Waals surface area contributed by atoms with Crippen LogP contribution in [-0.4, -0.2) is 15.8 Å². The van der Waals surface area contributed by atoms with Crippen molar-refractivity contribution in [2.75, 3.05) is 0 Å². The number of hydrogen-bond donors (Lipinski definition) is 2. The first kappa shape index (κ1) is 9.06. The van der Waals surface area contributed by atoms with E-state index in [4.69, 9.17) is 5.73 Å². The summed E-state index contributed by atoms with van der Waals surface area (Å²) >= 11 is 0. The Morgan fingerprint density at radius 1 is 1.75 bits per heavy atom. The van der Waals surface area contributed by atoms with Gasteiger partial charge in [-0.15, -0.1) is 0 Å². The van der Waals surface area contributed by atoms with E-state index in [1.807, 2.05) is 13.8 Å². The highest BCUT2D eigenvalue weighted by molar-refractivity contribution is 5.01. The number of aryl methyl sites for hydroxylation is 1. The molecule has 68 valence electrons. The van der Waals surface area contributed by atoms with Crippen LogP contribution in [0.15, 0.2) is 10.9 Å². The van der Waals surface area contributed by atoms with Crippen LogP contribution in [0.25, 0.3) is 0 Å². The average Bonchev–Trinajstić information content (AvgIpc) is 2.29. The Labute approximate surface area is 71.4 Å². The van der Waals surface area contributed by atoms with Crippen molar-refractivity contribution in [3.63, 3.8) is 0 Å². The first-order valence-corrected chi connectivity index (χ1v) is 4.17. The van der Waals surface area contributed by atoms with Crippen LogP contribution < -0.4 is 11.3 Å². The highest BCUT2D eigenvalue weighted by Gasteiger charge is 2.02. The molecule has 0 amide bonds. The molecule has 0 aliphatic heterocycles. The predicted octanol–water partition coefficient (Wildman–Crippen LogP) is 0.0860. The molecule has 0 aliphatic carbocycles. The van der Waals surface area contributed by atoms with Gasteiger partial charge in [0.2, 0.25) is 0 Å². The molecule has 1 atom stereocenters. The van der Waals surface area contributed by atoms with Gasteiger partial charge in [-0.05, 0) is 13.8 Å². The van der Waals surface area contributed by atoms with Gasteiger partial charge in [0.05, 0.1) is 0 Å². The lowest BCUT2D eigenvalue weighted by Crippen LogP contribution is -2.18. The summed E-state index contributed by atoms with van der Waals surface area (Å²) < 4.78 is 1.57. The smallest absolute Gasteiger partial charge is 0.266 e. The molecule has 1 aromatic heterocycles. The molecule has 0 bridgehead atoms. The maximum absolute atomic E-state index is 11.1. The number of nitrogens with two attached hydrogens (primary N) is 1. The third-order valence-electron chi connectivity index (χ3n) is 1.70. The molecule has 1 aromatic rings. The summed E-state index contributed by atoms with van der Waals surface area (Å²) in [7, 11) is 0. The van der Waals surface area contributed by atoms with Gasteiger partial charge in [-0.1, -0.05) is 0 Å². The third-order valence-corrected chi connectivity index (χ3v) is 1.70. The number of aromatic amines is 1. The van der Waals surface area contributed by atoms with Crippen molar-refractivity contribution in [1.82, 2.24) is 9.78 Å². The Morgan fingerprint density at radius 3 is 2.83 bits per heavy atom. The first-order valence-electron chi connectivity index (χ1n) is 4.17. The summed E-state index contributed by atoms with van der Waals surface area (Å²) in [5.41, 5.74) is 6.53. The normalized spacial score (nSPS) is 13.2. The molecule has 0 fully saturated rings. The molecule has 0 spiro atoms. The van der Waals surface area contributed by atoms with Crippen molar-refractivity contribution in [3.05, 3.63) is 22.1 Å². The van der Waals surface area contributed by atoms with E-state index >= 15 is 0 Å². The van der Waals surface area contributed by atoms with Crippen LogP contribution in [-0.2, 0) is 13.0 Å². The lowest BCUT2D eigenvalue weighted by Gasteiger charge is -2.01. The fourth-order valence-corrected chi connectivity index (χ4v) is 1.17. The predicted molar refractivity (Wildman–Crippen MR) is 48.1 cm³/mol. The summed E-state index contributed by atoms with van der Waals surface area (Å²) in [5.74, 6) is 0. The molecule has 0 aromatic carbocycles. The molecule has 12 heavy (non-hydrogen) atoms. The van der Waals surface area contributed by atoms with Gasteiger partial charge in [0.25, 0.3) is 5.56 Å².